The lowest BCUT2D eigenvalue weighted by molar-refractivity contribution is -0.169. The topological polar surface area (TPSA) is 40.5 Å². The summed E-state index contributed by atoms with van der Waals surface area (Å²) in [6, 6.07) is 0. The van der Waals surface area contributed by atoms with Crippen LogP contribution >= 0.6 is 0 Å². The van der Waals surface area contributed by atoms with Gasteiger partial charge in [0.25, 0.3) is 0 Å². The molecule has 4 atom stereocenters. The Morgan fingerprint density at radius 3 is 2.36 bits per heavy atom. The molecule has 3 saturated carbocycles. The predicted molar refractivity (Wildman–Crippen MR) is 39.6 cm³/mol. The summed E-state index contributed by atoms with van der Waals surface area (Å²) in [5.74, 6) is 0.345. The van der Waals surface area contributed by atoms with E-state index in [1.54, 1.807) is 6.92 Å². The fraction of sp³-hybridized carbons (Fsp3) is 1.00. The SMILES string of the molecule is CC(O)(O)C1C2CCC3CC321. The second-order valence-electron chi connectivity index (χ2n) is 4.77. The van der Waals surface area contributed by atoms with Crippen molar-refractivity contribution in [2.45, 2.75) is 32.0 Å². The molecule has 62 valence electrons. The molecule has 11 heavy (non-hydrogen) atoms. The van der Waals surface area contributed by atoms with Gasteiger partial charge in [-0.3, -0.25) is 0 Å². The third-order valence-electron chi connectivity index (χ3n) is 4.18. The maximum atomic E-state index is 9.41. The maximum absolute atomic E-state index is 9.41. The van der Waals surface area contributed by atoms with Crippen LogP contribution in [0.2, 0.25) is 0 Å². The molecule has 3 rings (SSSR count). The van der Waals surface area contributed by atoms with E-state index in [0.29, 0.717) is 11.3 Å². The van der Waals surface area contributed by atoms with Crippen LogP contribution in [-0.4, -0.2) is 16.0 Å². The molecule has 3 aliphatic carbocycles. The zero-order chi connectivity index (χ0) is 7.85. The van der Waals surface area contributed by atoms with Gasteiger partial charge in [-0.15, -0.1) is 0 Å². The van der Waals surface area contributed by atoms with Crippen LogP contribution in [0.15, 0.2) is 0 Å². The third kappa shape index (κ3) is 0.541. The van der Waals surface area contributed by atoms with Crippen LogP contribution in [-0.2, 0) is 0 Å². The van der Waals surface area contributed by atoms with Gasteiger partial charge in [0.1, 0.15) is 0 Å². The Hall–Kier alpha value is -0.0800. The Bertz CT molecular complexity index is 218. The van der Waals surface area contributed by atoms with Crippen LogP contribution in [0.1, 0.15) is 26.2 Å². The van der Waals surface area contributed by atoms with Gasteiger partial charge in [0.05, 0.1) is 0 Å². The third-order valence-corrected chi connectivity index (χ3v) is 4.18. The second kappa shape index (κ2) is 1.38. The van der Waals surface area contributed by atoms with E-state index in [2.05, 4.69) is 0 Å². The Labute approximate surface area is 66.2 Å². The van der Waals surface area contributed by atoms with Crippen LogP contribution in [0.3, 0.4) is 0 Å². The van der Waals surface area contributed by atoms with Gasteiger partial charge in [-0.05, 0) is 43.4 Å². The molecule has 0 saturated heterocycles. The molecule has 0 radical (unpaired) electrons. The number of hydrogen-bond acceptors (Lipinski definition) is 2. The van der Waals surface area contributed by atoms with E-state index in [1.165, 1.54) is 19.3 Å². The first-order chi connectivity index (χ1) is 5.07. The normalized spacial score (nSPS) is 58.6. The van der Waals surface area contributed by atoms with Crippen molar-refractivity contribution in [3.63, 3.8) is 0 Å². The fourth-order valence-electron chi connectivity index (χ4n) is 3.82. The zero-order valence-electron chi connectivity index (χ0n) is 6.75. The van der Waals surface area contributed by atoms with E-state index in [9.17, 15) is 10.2 Å². The molecule has 3 fully saturated rings. The molecule has 2 heteroatoms. The van der Waals surface area contributed by atoms with E-state index in [0.717, 1.165) is 5.92 Å². The molecule has 0 aromatic carbocycles. The van der Waals surface area contributed by atoms with Crippen LogP contribution in [0, 0.1) is 23.2 Å². The minimum absolute atomic E-state index is 0.216. The highest BCUT2D eigenvalue weighted by atomic mass is 16.5. The molecule has 0 heterocycles. The summed E-state index contributed by atoms with van der Waals surface area (Å²) >= 11 is 0. The Balaban J connectivity index is 1.88. The molecule has 4 unspecified atom stereocenters. The van der Waals surface area contributed by atoms with Gasteiger partial charge in [0, 0.05) is 5.92 Å². The van der Waals surface area contributed by atoms with Gasteiger partial charge in [-0.25, -0.2) is 0 Å². The molecule has 2 nitrogen and oxygen atoms in total. The van der Waals surface area contributed by atoms with Crippen molar-refractivity contribution in [3.05, 3.63) is 0 Å². The van der Waals surface area contributed by atoms with Crippen LogP contribution in [0.4, 0.5) is 0 Å². The smallest absolute Gasteiger partial charge is 0.163 e. The largest absolute Gasteiger partial charge is 0.366 e. The molecule has 1 spiro atoms. The van der Waals surface area contributed by atoms with Crippen molar-refractivity contribution in [1.82, 2.24) is 0 Å². The maximum Gasteiger partial charge on any atom is 0.163 e. The molecule has 3 aliphatic rings. The fourth-order valence-corrected chi connectivity index (χ4v) is 3.82. The molecule has 0 aromatic heterocycles. The van der Waals surface area contributed by atoms with Crippen molar-refractivity contribution in [2.24, 2.45) is 23.2 Å². The van der Waals surface area contributed by atoms with E-state index >= 15 is 0 Å². The van der Waals surface area contributed by atoms with E-state index < -0.39 is 5.79 Å². The lowest BCUT2D eigenvalue weighted by Gasteiger charge is -2.17. The second-order valence-corrected chi connectivity index (χ2v) is 4.77. The molecule has 0 aliphatic heterocycles. The molecule has 2 N–H and O–H groups in total. The summed E-state index contributed by atoms with van der Waals surface area (Å²) in [6.45, 7) is 1.54. The monoisotopic (exact) mass is 154 g/mol. The van der Waals surface area contributed by atoms with E-state index in [-0.39, 0.29) is 5.92 Å². The summed E-state index contributed by atoms with van der Waals surface area (Å²) in [6.07, 6.45) is 3.86. The highest BCUT2D eigenvalue weighted by molar-refractivity contribution is 5.29. The Morgan fingerprint density at radius 2 is 2.09 bits per heavy atom. The zero-order valence-corrected chi connectivity index (χ0v) is 6.75. The average molecular weight is 154 g/mol. The highest BCUT2D eigenvalue weighted by Crippen LogP contribution is 2.86. The first-order valence-corrected chi connectivity index (χ1v) is 4.51. The lowest BCUT2D eigenvalue weighted by Crippen LogP contribution is -2.28. The predicted octanol–water partition coefficient (Wildman–Crippen LogP) is 0.733. The summed E-state index contributed by atoms with van der Waals surface area (Å²) in [5, 5.41) is 18.8. The average Bonchev–Trinajstić information content (AvgIpc) is 2.67. The van der Waals surface area contributed by atoms with Gasteiger partial charge in [-0.1, -0.05) is 0 Å². The molecular formula is C9H14O2. The number of hydrogen-bond donors (Lipinski definition) is 2. The Morgan fingerprint density at radius 1 is 1.36 bits per heavy atom. The van der Waals surface area contributed by atoms with Crippen molar-refractivity contribution >= 4 is 0 Å². The van der Waals surface area contributed by atoms with Gasteiger partial charge in [0.2, 0.25) is 0 Å². The molecular weight excluding hydrogens is 140 g/mol. The standard InChI is InChI=1S/C9H14O2/c1-8(10,11)7-6-3-2-5-4-9(5,6)7/h5-7,10-11H,2-4H2,1H3. The van der Waals surface area contributed by atoms with Crippen LogP contribution in [0.5, 0.6) is 0 Å². The Kier molecular flexibility index (Phi) is 0.807. The summed E-state index contributed by atoms with van der Waals surface area (Å²) in [4.78, 5) is 0. The lowest BCUT2D eigenvalue weighted by atomic mass is 10.1. The summed E-state index contributed by atoms with van der Waals surface area (Å²) in [7, 11) is 0. The summed E-state index contributed by atoms with van der Waals surface area (Å²) in [5.41, 5.74) is 0.429. The first kappa shape index (κ1) is 6.44. The molecule has 0 bridgehead atoms. The number of aliphatic hydroxyl groups is 2. The number of rotatable bonds is 1. The minimum atomic E-state index is -1.39. The highest BCUT2D eigenvalue weighted by Gasteiger charge is 2.83. The quantitative estimate of drug-likeness (QED) is 0.547. The van der Waals surface area contributed by atoms with Crippen molar-refractivity contribution in [3.8, 4) is 0 Å². The van der Waals surface area contributed by atoms with Crippen molar-refractivity contribution < 1.29 is 10.2 Å². The van der Waals surface area contributed by atoms with Gasteiger partial charge in [-0.2, -0.15) is 0 Å². The van der Waals surface area contributed by atoms with Crippen LogP contribution < -0.4 is 0 Å². The van der Waals surface area contributed by atoms with E-state index in [1.807, 2.05) is 0 Å². The van der Waals surface area contributed by atoms with Gasteiger partial charge >= 0.3 is 0 Å². The van der Waals surface area contributed by atoms with Crippen molar-refractivity contribution in [1.29, 1.82) is 0 Å². The van der Waals surface area contributed by atoms with E-state index in [4.69, 9.17) is 0 Å². The molecule has 0 amide bonds. The van der Waals surface area contributed by atoms with Gasteiger partial charge in [0.15, 0.2) is 5.79 Å². The summed E-state index contributed by atoms with van der Waals surface area (Å²) < 4.78 is 0. The van der Waals surface area contributed by atoms with Crippen LogP contribution in [0.25, 0.3) is 0 Å². The molecule has 0 aromatic rings. The van der Waals surface area contributed by atoms with Crippen molar-refractivity contribution in [2.75, 3.05) is 0 Å². The first-order valence-electron chi connectivity index (χ1n) is 4.51. The minimum Gasteiger partial charge on any atom is -0.366 e. The van der Waals surface area contributed by atoms with Gasteiger partial charge < -0.3 is 10.2 Å².